The Labute approximate surface area is 117 Å². The molecule has 1 atom stereocenters. The number of carbonyl (C=O) groups is 1. The number of aliphatic carboxylic acids is 1. The van der Waals surface area contributed by atoms with Gasteiger partial charge in [-0.05, 0) is 24.8 Å². The maximum Gasteiger partial charge on any atom is 0.303 e. The van der Waals surface area contributed by atoms with E-state index in [0.29, 0.717) is 5.95 Å². The van der Waals surface area contributed by atoms with E-state index in [9.17, 15) is 4.79 Å². The molecule has 1 fully saturated rings. The monoisotopic (exact) mass is 271 g/mol. The number of para-hydroxylation sites is 1. The van der Waals surface area contributed by atoms with Gasteiger partial charge in [0.25, 0.3) is 0 Å². The van der Waals surface area contributed by atoms with Crippen LogP contribution >= 0.6 is 0 Å². The second-order valence-electron chi connectivity index (χ2n) is 5.28. The number of carboxylic acids is 1. The summed E-state index contributed by atoms with van der Waals surface area (Å²) < 4.78 is 0. The second kappa shape index (κ2) is 5.45. The highest BCUT2D eigenvalue weighted by molar-refractivity contribution is 5.78. The highest BCUT2D eigenvalue weighted by Gasteiger charge is 2.23. The van der Waals surface area contributed by atoms with Gasteiger partial charge in [0.1, 0.15) is 0 Å². The molecular weight excluding hydrogens is 254 g/mol. The first-order valence-electron chi connectivity index (χ1n) is 6.91. The summed E-state index contributed by atoms with van der Waals surface area (Å²) in [4.78, 5) is 21.9. The number of hydrogen-bond acceptors (Lipinski definition) is 4. The second-order valence-corrected chi connectivity index (χ2v) is 5.28. The molecule has 0 spiro atoms. The van der Waals surface area contributed by atoms with Crippen LogP contribution in [-0.2, 0) is 4.79 Å². The van der Waals surface area contributed by atoms with Gasteiger partial charge in [-0.2, -0.15) is 0 Å². The Morgan fingerprint density at radius 3 is 3.10 bits per heavy atom. The molecule has 1 aliphatic heterocycles. The molecule has 0 aliphatic carbocycles. The first kappa shape index (κ1) is 12.8. The van der Waals surface area contributed by atoms with Crippen molar-refractivity contribution in [2.24, 2.45) is 5.92 Å². The maximum absolute atomic E-state index is 10.8. The van der Waals surface area contributed by atoms with Crippen molar-refractivity contribution in [3.8, 4) is 0 Å². The Hall–Kier alpha value is -2.17. The van der Waals surface area contributed by atoms with Gasteiger partial charge in [0.15, 0.2) is 0 Å². The number of hydrogen-bond donors (Lipinski definition) is 1. The molecule has 0 saturated carbocycles. The molecule has 0 bridgehead atoms. The number of carboxylic acid groups (broad SMARTS) is 1. The predicted molar refractivity (Wildman–Crippen MR) is 76.7 cm³/mol. The third-order valence-corrected chi connectivity index (χ3v) is 3.74. The van der Waals surface area contributed by atoms with E-state index in [2.05, 4.69) is 14.9 Å². The maximum atomic E-state index is 10.8. The molecule has 2 heterocycles. The zero-order chi connectivity index (χ0) is 13.9. The van der Waals surface area contributed by atoms with E-state index in [0.717, 1.165) is 36.8 Å². The summed E-state index contributed by atoms with van der Waals surface area (Å²) >= 11 is 0. The fraction of sp³-hybridized carbons (Fsp3) is 0.400. The molecule has 5 nitrogen and oxygen atoms in total. The van der Waals surface area contributed by atoms with E-state index < -0.39 is 5.97 Å². The van der Waals surface area contributed by atoms with Gasteiger partial charge < -0.3 is 10.0 Å². The van der Waals surface area contributed by atoms with Crippen molar-refractivity contribution < 1.29 is 9.90 Å². The van der Waals surface area contributed by atoms with Gasteiger partial charge in [0.05, 0.1) is 5.52 Å². The van der Waals surface area contributed by atoms with Crippen LogP contribution in [-0.4, -0.2) is 34.1 Å². The Kier molecular flexibility index (Phi) is 3.50. The smallest absolute Gasteiger partial charge is 0.303 e. The van der Waals surface area contributed by atoms with Crippen molar-refractivity contribution in [1.29, 1.82) is 0 Å². The van der Waals surface area contributed by atoms with Crippen LogP contribution in [0.15, 0.2) is 30.5 Å². The highest BCUT2D eigenvalue weighted by atomic mass is 16.4. The Morgan fingerprint density at radius 2 is 2.25 bits per heavy atom. The molecule has 1 unspecified atom stereocenters. The summed E-state index contributed by atoms with van der Waals surface area (Å²) in [5, 5.41) is 9.94. The number of rotatable bonds is 3. The first-order valence-corrected chi connectivity index (χ1v) is 6.91. The van der Waals surface area contributed by atoms with Crippen molar-refractivity contribution in [2.75, 3.05) is 18.0 Å². The Balaban J connectivity index is 1.81. The predicted octanol–water partition coefficient (Wildman–Crippen LogP) is 2.32. The normalized spacial score (nSPS) is 19.2. The standard InChI is InChI=1S/C15H17N3O2/c19-14(20)8-11-4-3-7-18(10-11)15-16-9-12-5-1-2-6-13(12)17-15/h1-2,5-6,9,11H,3-4,7-8,10H2,(H,19,20). The lowest BCUT2D eigenvalue weighted by Crippen LogP contribution is -2.37. The molecule has 1 aliphatic rings. The molecule has 1 N–H and O–H groups in total. The number of aromatic nitrogens is 2. The average molecular weight is 271 g/mol. The third-order valence-electron chi connectivity index (χ3n) is 3.74. The summed E-state index contributed by atoms with van der Waals surface area (Å²) in [6.07, 6.45) is 4.02. The number of anilines is 1. The van der Waals surface area contributed by atoms with Crippen LogP contribution in [0.4, 0.5) is 5.95 Å². The molecule has 104 valence electrons. The van der Waals surface area contributed by atoms with Crippen molar-refractivity contribution >= 4 is 22.8 Å². The highest BCUT2D eigenvalue weighted by Crippen LogP contribution is 2.23. The minimum absolute atomic E-state index is 0.191. The van der Waals surface area contributed by atoms with Crippen molar-refractivity contribution in [1.82, 2.24) is 9.97 Å². The summed E-state index contributed by atoms with van der Waals surface area (Å²) in [5.41, 5.74) is 0.929. The van der Waals surface area contributed by atoms with Gasteiger partial charge in [-0.1, -0.05) is 18.2 Å². The van der Waals surface area contributed by atoms with Gasteiger partial charge in [-0.3, -0.25) is 4.79 Å². The van der Waals surface area contributed by atoms with E-state index in [1.165, 1.54) is 0 Å². The van der Waals surface area contributed by atoms with Crippen LogP contribution in [0.5, 0.6) is 0 Å². The average Bonchev–Trinajstić information content (AvgIpc) is 2.46. The molecule has 0 amide bonds. The quantitative estimate of drug-likeness (QED) is 0.928. The van der Waals surface area contributed by atoms with Crippen molar-refractivity contribution in [2.45, 2.75) is 19.3 Å². The zero-order valence-corrected chi connectivity index (χ0v) is 11.2. The van der Waals surface area contributed by atoms with Crippen LogP contribution in [0.1, 0.15) is 19.3 Å². The first-order chi connectivity index (χ1) is 9.72. The minimum Gasteiger partial charge on any atom is -0.481 e. The number of benzene rings is 1. The lowest BCUT2D eigenvalue weighted by Gasteiger charge is -2.32. The minimum atomic E-state index is -0.726. The van der Waals surface area contributed by atoms with Gasteiger partial charge in [-0.25, -0.2) is 9.97 Å². The van der Waals surface area contributed by atoms with Crippen LogP contribution in [0, 0.1) is 5.92 Å². The van der Waals surface area contributed by atoms with Crippen LogP contribution in [0.25, 0.3) is 10.9 Å². The molecular formula is C15H17N3O2. The van der Waals surface area contributed by atoms with E-state index >= 15 is 0 Å². The molecule has 5 heteroatoms. The number of piperidine rings is 1. The zero-order valence-electron chi connectivity index (χ0n) is 11.2. The topological polar surface area (TPSA) is 66.3 Å². The molecule has 1 aromatic heterocycles. The van der Waals surface area contributed by atoms with Gasteiger partial charge >= 0.3 is 5.97 Å². The van der Waals surface area contributed by atoms with Gasteiger partial charge in [0.2, 0.25) is 5.95 Å². The lowest BCUT2D eigenvalue weighted by molar-refractivity contribution is -0.138. The fourth-order valence-electron chi connectivity index (χ4n) is 2.78. The van der Waals surface area contributed by atoms with E-state index in [-0.39, 0.29) is 12.3 Å². The summed E-state index contributed by atoms with van der Waals surface area (Å²) in [7, 11) is 0. The van der Waals surface area contributed by atoms with E-state index in [1.54, 1.807) is 0 Å². The van der Waals surface area contributed by atoms with Gasteiger partial charge in [0, 0.05) is 31.1 Å². The van der Waals surface area contributed by atoms with E-state index in [1.807, 2.05) is 30.5 Å². The third kappa shape index (κ3) is 2.71. The van der Waals surface area contributed by atoms with Crippen molar-refractivity contribution in [3.05, 3.63) is 30.5 Å². The molecule has 2 aromatic rings. The molecule has 3 rings (SSSR count). The largest absolute Gasteiger partial charge is 0.481 e. The Bertz CT molecular complexity index is 629. The fourth-order valence-corrected chi connectivity index (χ4v) is 2.78. The van der Waals surface area contributed by atoms with Crippen molar-refractivity contribution in [3.63, 3.8) is 0 Å². The molecule has 1 saturated heterocycles. The lowest BCUT2D eigenvalue weighted by atomic mass is 9.95. The molecule has 1 aromatic carbocycles. The number of nitrogens with zero attached hydrogens (tertiary/aromatic N) is 3. The van der Waals surface area contributed by atoms with E-state index in [4.69, 9.17) is 5.11 Å². The van der Waals surface area contributed by atoms with Crippen LogP contribution in [0.3, 0.4) is 0 Å². The van der Waals surface area contributed by atoms with Crippen LogP contribution < -0.4 is 4.90 Å². The van der Waals surface area contributed by atoms with Gasteiger partial charge in [-0.15, -0.1) is 0 Å². The van der Waals surface area contributed by atoms with Crippen LogP contribution in [0.2, 0.25) is 0 Å². The SMILES string of the molecule is O=C(O)CC1CCCN(c2ncc3ccccc3n2)C1. The Morgan fingerprint density at radius 1 is 1.40 bits per heavy atom. The molecule has 0 radical (unpaired) electrons. The number of fused-ring (bicyclic) bond motifs is 1. The summed E-state index contributed by atoms with van der Waals surface area (Å²) in [6, 6.07) is 7.89. The molecule has 20 heavy (non-hydrogen) atoms. The summed E-state index contributed by atoms with van der Waals surface area (Å²) in [6.45, 7) is 1.62. The summed E-state index contributed by atoms with van der Waals surface area (Å²) in [5.74, 6) is 0.173.